The molecule has 120 valence electrons. The molecule has 0 atom stereocenters. The normalized spacial score (nSPS) is 11.6. The Morgan fingerprint density at radius 3 is 2.52 bits per heavy atom. The summed E-state index contributed by atoms with van der Waals surface area (Å²) in [5.41, 5.74) is 0.456. The van der Waals surface area contributed by atoms with Crippen LogP contribution >= 0.6 is 23.2 Å². The Morgan fingerprint density at radius 2 is 1.87 bits per heavy atom. The summed E-state index contributed by atoms with van der Waals surface area (Å²) < 4.78 is 25.7. The van der Waals surface area contributed by atoms with Crippen molar-refractivity contribution in [1.82, 2.24) is 4.72 Å². The lowest BCUT2D eigenvalue weighted by Gasteiger charge is -2.05. The van der Waals surface area contributed by atoms with Gasteiger partial charge in [0, 0.05) is 5.02 Å². The van der Waals surface area contributed by atoms with E-state index in [1.807, 2.05) is 4.72 Å². The van der Waals surface area contributed by atoms with Gasteiger partial charge in [-0.05, 0) is 42.0 Å². The van der Waals surface area contributed by atoms with E-state index in [0.29, 0.717) is 10.6 Å². The van der Waals surface area contributed by atoms with Crippen molar-refractivity contribution in [3.8, 4) is 5.75 Å². The highest BCUT2D eigenvalue weighted by molar-refractivity contribution is 7.93. The predicted molar refractivity (Wildman–Crippen MR) is 90.0 cm³/mol. The molecular weight excluding hydrogens is 361 g/mol. The fourth-order valence-electron chi connectivity index (χ4n) is 1.69. The van der Waals surface area contributed by atoms with Crippen LogP contribution in [0.1, 0.15) is 15.9 Å². The fraction of sp³-hybridized carbons (Fsp3) is 0. The lowest BCUT2D eigenvalue weighted by atomic mass is 10.2. The van der Waals surface area contributed by atoms with Crippen LogP contribution in [0.2, 0.25) is 10.0 Å². The van der Waals surface area contributed by atoms with Crippen molar-refractivity contribution in [2.75, 3.05) is 0 Å². The number of nitrogens with one attached hydrogen (secondary N) is 1. The van der Waals surface area contributed by atoms with E-state index >= 15 is 0 Å². The molecule has 0 aliphatic heterocycles. The second-order valence-corrected chi connectivity index (χ2v) is 6.91. The van der Waals surface area contributed by atoms with Crippen LogP contribution < -0.4 is 4.72 Å². The number of carbonyl (C=O) groups is 1. The molecule has 5 nitrogen and oxygen atoms in total. The molecule has 0 saturated carbocycles. The second kappa shape index (κ2) is 7.04. The van der Waals surface area contributed by atoms with Gasteiger partial charge in [0.2, 0.25) is 0 Å². The minimum Gasteiger partial charge on any atom is -0.508 e. The van der Waals surface area contributed by atoms with Crippen LogP contribution in [-0.2, 0) is 10.0 Å². The van der Waals surface area contributed by atoms with Crippen molar-refractivity contribution >= 4 is 45.2 Å². The predicted octanol–water partition coefficient (Wildman–Crippen LogP) is 3.43. The highest BCUT2D eigenvalue weighted by Crippen LogP contribution is 2.21. The Morgan fingerprint density at radius 1 is 1.13 bits per heavy atom. The van der Waals surface area contributed by atoms with Crippen molar-refractivity contribution in [1.29, 1.82) is 0 Å². The molecule has 2 aromatic rings. The summed E-state index contributed by atoms with van der Waals surface area (Å²) in [4.78, 5) is 12.0. The molecule has 2 rings (SSSR count). The molecule has 8 heteroatoms. The molecule has 23 heavy (non-hydrogen) atoms. The van der Waals surface area contributed by atoms with Crippen LogP contribution in [0.3, 0.4) is 0 Å². The van der Waals surface area contributed by atoms with E-state index in [4.69, 9.17) is 23.2 Å². The fourth-order valence-corrected chi connectivity index (χ4v) is 2.96. The molecule has 0 aromatic heterocycles. The summed E-state index contributed by atoms with van der Waals surface area (Å²) in [7, 11) is -4.02. The van der Waals surface area contributed by atoms with Crippen molar-refractivity contribution in [2.45, 2.75) is 0 Å². The number of amides is 1. The average molecular weight is 372 g/mol. The van der Waals surface area contributed by atoms with Gasteiger partial charge in [-0.1, -0.05) is 35.3 Å². The largest absolute Gasteiger partial charge is 0.508 e. The number of hydrogen-bond donors (Lipinski definition) is 2. The quantitative estimate of drug-likeness (QED) is 0.861. The standard InChI is InChI=1S/C15H11Cl2NO4S/c16-11-4-5-13(14(17)9-11)15(20)18-23(21,22)7-6-10-2-1-3-12(19)8-10/h1-9,19H,(H,18,20)/b7-6+. The Hall–Kier alpha value is -2.02. The minimum atomic E-state index is -4.02. The zero-order chi connectivity index (χ0) is 17.0. The lowest BCUT2D eigenvalue weighted by molar-refractivity contribution is 0.0982. The van der Waals surface area contributed by atoms with Crippen molar-refractivity contribution in [3.63, 3.8) is 0 Å². The first-order chi connectivity index (χ1) is 10.8. The maximum absolute atomic E-state index is 12.0. The van der Waals surface area contributed by atoms with Gasteiger partial charge in [-0.3, -0.25) is 4.79 Å². The molecule has 0 radical (unpaired) electrons. The summed E-state index contributed by atoms with van der Waals surface area (Å²) in [6.45, 7) is 0. The third-order valence-electron chi connectivity index (χ3n) is 2.72. The Labute approximate surface area is 143 Å². The van der Waals surface area contributed by atoms with Gasteiger partial charge in [0.05, 0.1) is 16.0 Å². The van der Waals surface area contributed by atoms with E-state index in [9.17, 15) is 18.3 Å². The van der Waals surface area contributed by atoms with E-state index in [-0.39, 0.29) is 16.3 Å². The number of aromatic hydroxyl groups is 1. The van der Waals surface area contributed by atoms with Crippen molar-refractivity contribution in [3.05, 3.63) is 69.0 Å². The molecule has 0 aliphatic carbocycles. The van der Waals surface area contributed by atoms with Crippen LogP contribution in [0.25, 0.3) is 6.08 Å². The second-order valence-electron chi connectivity index (χ2n) is 4.50. The number of phenolic OH excluding ortho intramolecular Hbond substituents is 1. The van der Waals surface area contributed by atoms with Gasteiger partial charge in [0.1, 0.15) is 5.75 Å². The van der Waals surface area contributed by atoms with E-state index in [0.717, 1.165) is 5.41 Å². The first-order valence-electron chi connectivity index (χ1n) is 6.26. The summed E-state index contributed by atoms with van der Waals surface area (Å²) in [5.74, 6) is -0.867. The van der Waals surface area contributed by atoms with E-state index in [2.05, 4.69) is 0 Å². The van der Waals surface area contributed by atoms with Crippen molar-refractivity contribution < 1.29 is 18.3 Å². The van der Waals surface area contributed by atoms with Crippen LogP contribution in [-0.4, -0.2) is 19.4 Å². The third kappa shape index (κ3) is 4.99. The van der Waals surface area contributed by atoms with Gasteiger partial charge >= 0.3 is 0 Å². The maximum atomic E-state index is 12.0. The molecule has 0 fully saturated rings. The maximum Gasteiger partial charge on any atom is 0.266 e. The summed E-state index contributed by atoms with van der Waals surface area (Å²) in [5, 5.41) is 10.5. The highest BCUT2D eigenvalue weighted by Gasteiger charge is 2.16. The molecule has 0 spiro atoms. The number of carbonyl (C=O) groups excluding carboxylic acids is 1. The molecule has 2 N–H and O–H groups in total. The van der Waals surface area contributed by atoms with Crippen molar-refractivity contribution in [2.24, 2.45) is 0 Å². The lowest BCUT2D eigenvalue weighted by Crippen LogP contribution is -2.29. The number of rotatable bonds is 4. The van der Waals surface area contributed by atoms with Gasteiger partial charge in [0.25, 0.3) is 15.9 Å². The smallest absolute Gasteiger partial charge is 0.266 e. The van der Waals surface area contributed by atoms with Gasteiger partial charge < -0.3 is 5.11 Å². The Balaban J connectivity index is 2.16. The molecule has 0 saturated heterocycles. The van der Waals surface area contributed by atoms with Crippen LogP contribution in [0, 0.1) is 0 Å². The molecule has 0 bridgehead atoms. The number of phenols is 1. The van der Waals surface area contributed by atoms with Gasteiger partial charge in [-0.25, -0.2) is 13.1 Å². The SMILES string of the molecule is O=C(NS(=O)(=O)/C=C/c1cccc(O)c1)c1ccc(Cl)cc1Cl. The zero-order valence-electron chi connectivity index (χ0n) is 11.5. The number of benzene rings is 2. The first kappa shape index (κ1) is 17.3. The van der Waals surface area contributed by atoms with E-state index < -0.39 is 15.9 Å². The monoisotopic (exact) mass is 371 g/mol. The van der Waals surface area contributed by atoms with Crippen LogP contribution in [0.15, 0.2) is 47.9 Å². The summed E-state index contributed by atoms with van der Waals surface area (Å²) in [6.07, 6.45) is 1.25. The van der Waals surface area contributed by atoms with E-state index in [1.54, 1.807) is 12.1 Å². The van der Waals surface area contributed by atoms with Gasteiger partial charge in [0.15, 0.2) is 0 Å². The van der Waals surface area contributed by atoms with Gasteiger partial charge in [-0.15, -0.1) is 0 Å². The molecular formula is C15H11Cl2NO4S. The van der Waals surface area contributed by atoms with Crippen LogP contribution in [0.4, 0.5) is 0 Å². The molecule has 0 heterocycles. The molecule has 0 unspecified atom stereocenters. The topological polar surface area (TPSA) is 83.5 Å². The third-order valence-corrected chi connectivity index (χ3v) is 4.23. The molecule has 1 amide bonds. The van der Waals surface area contributed by atoms with E-state index in [1.165, 1.54) is 36.4 Å². The number of sulfonamides is 1. The summed E-state index contributed by atoms with van der Waals surface area (Å²) >= 11 is 11.6. The van der Waals surface area contributed by atoms with Gasteiger partial charge in [-0.2, -0.15) is 0 Å². The Bertz CT molecular complexity index is 879. The zero-order valence-corrected chi connectivity index (χ0v) is 13.9. The average Bonchev–Trinajstić information content (AvgIpc) is 2.44. The Kier molecular flexibility index (Phi) is 5.30. The first-order valence-corrected chi connectivity index (χ1v) is 8.56. The molecule has 0 aliphatic rings. The van der Waals surface area contributed by atoms with Crippen LogP contribution in [0.5, 0.6) is 5.75 Å². The number of hydrogen-bond acceptors (Lipinski definition) is 4. The highest BCUT2D eigenvalue weighted by atomic mass is 35.5. The minimum absolute atomic E-state index is 0.00142. The summed E-state index contributed by atoms with van der Waals surface area (Å²) in [6, 6.07) is 10.1. The number of halogens is 2. The molecule has 2 aromatic carbocycles.